The van der Waals surface area contributed by atoms with Crippen molar-refractivity contribution in [3.63, 3.8) is 0 Å². The normalized spacial score (nSPS) is 20.6. The lowest BCUT2D eigenvalue weighted by Crippen LogP contribution is -2.43. The fraction of sp³-hybridized carbons (Fsp3) is 0.435. The monoisotopic (exact) mass is 457 g/mol. The first-order valence-electron chi connectivity index (χ1n) is 10.9. The molecule has 3 heterocycles. The standard InChI is InChI=1S/C23H29FN5O2P/c1-25-21-19(7-10-27-22(21)28-20-15-26-11-14-31-20)16-8-12-29(13-9-16)23(30)17-3-5-18(6-4-17)32(2)24/h3-7,10,16,20,26H,1,8-9,11-15H2,2H3,(H,27,28). The van der Waals surface area contributed by atoms with Gasteiger partial charge in [0.25, 0.3) is 5.91 Å². The number of morpholine rings is 1. The summed E-state index contributed by atoms with van der Waals surface area (Å²) in [4.78, 5) is 23.5. The Morgan fingerprint density at radius 1 is 1.31 bits per heavy atom. The van der Waals surface area contributed by atoms with Crippen molar-refractivity contribution in [3.05, 3.63) is 47.7 Å². The predicted octanol–water partition coefficient (Wildman–Crippen LogP) is 3.41. The molecule has 0 aliphatic carbocycles. The van der Waals surface area contributed by atoms with Gasteiger partial charge >= 0.3 is 0 Å². The second-order valence-electron chi connectivity index (χ2n) is 8.05. The van der Waals surface area contributed by atoms with Crippen LogP contribution in [0.3, 0.4) is 0 Å². The Kier molecular flexibility index (Phi) is 7.45. The number of anilines is 1. The van der Waals surface area contributed by atoms with Gasteiger partial charge in [-0.15, -0.1) is 0 Å². The molecule has 2 unspecified atom stereocenters. The minimum Gasteiger partial charge on any atom is -0.356 e. The van der Waals surface area contributed by atoms with E-state index in [1.807, 2.05) is 11.0 Å². The Morgan fingerprint density at radius 3 is 2.69 bits per heavy atom. The van der Waals surface area contributed by atoms with Gasteiger partial charge in [0.15, 0.2) is 5.82 Å². The van der Waals surface area contributed by atoms with Crippen molar-refractivity contribution in [2.24, 2.45) is 4.99 Å². The van der Waals surface area contributed by atoms with E-state index in [2.05, 4.69) is 27.3 Å². The molecule has 2 N–H and O–H groups in total. The van der Waals surface area contributed by atoms with Crippen LogP contribution in [0.1, 0.15) is 34.7 Å². The molecule has 0 saturated carbocycles. The lowest BCUT2D eigenvalue weighted by Gasteiger charge is -2.33. The van der Waals surface area contributed by atoms with Crippen LogP contribution in [0.5, 0.6) is 0 Å². The Balaban J connectivity index is 1.41. The zero-order valence-corrected chi connectivity index (χ0v) is 19.2. The number of carbonyl (C=O) groups excluding carboxylic acids is 1. The number of amides is 1. The van der Waals surface area contributed by atoms with E-state index in [0.29, 0.717) is 42.9 Å². The number of rotatable bonds is 6. The SMILES string of the molecule is C=Nc1c(C2CCN(C(=O)c3ccc(P(C)F)cc3)CC2)ccnc1NC1CNCCO1. The van der Waals surface area contributed by atoms with Gasteiger partial charge in [0.05, 0.1) is 6.61 Å². The van der Waals surface area contributed by atoms with Gasteiger partial charge in [0.1, 0.15) is 20.1 Å². The molecule has 2 aliphatic rings. The van der Waals surface area contributed by atoms with E-state index in [1.165, 1.54) is 0 Å². The van der Waals surface area contributed by atoms with Crippen LogP contribution in [-0.4, -0.2) is 68.2 Å². The molecule has 170 valence electrons. The van der Waals surface area contributed by atoms with Crippen molar-refractivity contribution >= 4 is 37.7 Å². The van der Waals surface area contributed by atoms with Crippen molar-refractivity contribution in [3.8, 4) is 0 Å². The minimum atomic E-state index is -1.65. The summed E-state index contributed by atoms with van der Waals surface area (Å²) in [5.41, 5.74) is 2.45. The Bertz CT molecular complexity index is 942. The number of aliphatic imine (C=N–C) groups is 1. The summed E-state index contributed by atoms with van der Waals surface area (Å²) in [5.74, 6) is 0.940. The average molecular weight is 457 g/mol. The van der Waals surface area contributed by atoms with Crippen molar-refractivity contribution < 1.29 is 13.7 Å². The maximum atomic E-state index is 13.5. The highest BCUT2D eigenvalue weighted by molar-refractivity contribution is 7.59. The number of likely N-dealkylation sites (tertiary alicyclic amines) is 1. The van der Waals surface area contributed by atoms with E-state index >= 15 is 0 Å². The van der Waals surface area contributed by atoms with Gasteiger partial charge in [-0.2, -0.15) is 0 Å². The number of hydrogen-bond donors (Lipinski definition) is 2. The van der Waals surface area contributed by atoms with Crippen LogP contribution in [0.2, 0.25) is 0 Å². The zero-order valence-electron chi connectivity index (χ0n) is 18.3. The van der Waals surface area contributed by atoms with E-state index in [4.69, 9.17) is 4.74 Å². The van der Waals surface area contributed by atoms with Gasteiger partial charge in [0.2, 0.25) is 0 Å². The molecule has 0 bridgehead atoms. The van der Waals surface area contributed by atoms with Crippen molar-refractivity contribution in [1.82, 2.24) is 15.2 Å². The van der Waals surface area contributed by atoms with Crippen LogP contribution < -0.4 is 15.9 Å². The predicted molar refractivity (Wildman–Crippen MR) is 128 cm³/mol. The first-order chi connectivity index (χ1) is 15.6. The van der Waals surface area contributed by atoms with Crippen LogP contribution >= 0.6 is 8.23 Å². The molecule has 32 heavy (non-hydrogen) atoms. The number of aromatic nitrogens is 1. The number of nitrogens with zero attached hydrogens (tertiary/aromatic N) is 3. The third kappa shape index (κ3) is 5.14. The van der Waals surface area contributed by atoms with Gasteiger partial charge in [-0.25, -0.2) is 9.18 Å². The topological polar surface area (TPSA) is 78.9 Å². The number of hydrogen-bond acceptors (Lipinski definition) is 6. The summed E-state index contributed by atoms with van der Waals surface area (Å²) in [6.07, 6.45) is 3.30. The van der Waals surface area contributed by atoms with E-state index < -0.39 is 8.23 Å². The van der Waals surface area contributed by atoms with Gasteiger partial charge in [-0.3, -0.25) is 9.79 Å². The van der Waals surface area contributed by atoms with Gasteiger partial charge in [0, 0.05) is 43.2 Å². The smallest absolute Gasteiger partial charge is 0.253 e. The third-order valence-electron chi connectivity index (χ3n) is 6.03. The van der Waals surface area contributed by atoms with Gasteiger partial charge in [-0.1, -0.05) is 12.1 Å². The summed E-state index contributed by atoms with van der Waals surface area (Å²) in [6, 6.07) is 8.88. The lowest BCUT2D eigenvalue weighted by atomic mass is 9.88. The first kappa shape index (κ1) is 22.8. The highest BCUT2D eigenvalue weighted by Crippen LogP contribution is 2.38. The molecular weight excluding hydrogens is 428 g/mol. The van der Waals surface area contributed by atoms with Crippen molar-refractivity contribution in [2.75, 3.05) is 44.8 Å². The number of benzene rings is 1. The molecule has 1 aromatic carbocycles. The van der Waals surface area contributed by atoms with E-state index in [1.54, 1.807) is 37.1 Å². The molecule has 1 aromatic heterocycles. The summed E-state index contributed by atoms with van der Waals surface area (Å²) >= 11 is 0. The van der Waals surface area contributed by atoms with Crippen LogP contribution in [-0.2, 0) is 4.74 Å². The Hall–Kier alpha value is -2.41. The maximum Gasteiger partial charge on any atom is 0.253 e. The average Bonchev–Trinajstić information content (AvgIpc) is 2.84. The largest absolute Gasteiger partial charge is 0.356 e. The van der Waals surface area contributed by atoms with E-state index in [-0.39, 0.29) is 18.1 Å². The second kappa shape index (κ2) is 10.5. The summed E-state index contributed by atoms with van der Waals surface area (Å²) < 4.78 is 19.2. The molecule has 9 heteroatoms. The van der Waals surface area contributed by atoms with Gasteiger partial charge in [-0.05, 0) is 55.9 Å². The number of piperidine rings is 1. The molecule has 0 radical (unpaired) electrons. The summed E-state index contributed by atoms with van der Waals surface area (Å²) in [7, 11) is -1.65. The van der Waals surface area contributed by atoms with Crippen molar-refractivity contribution in [2.45, 2.75) is 25.0 Å². The maximum absolute atomic E-state index is 13.5. The Morgan fingerprint density at radius 2 is 2.06 bits per heavy atom. The van der Waals surface area contributed by atoms with Crippen LogP contribution in [0.15, 0.2) is 41.5 Å². The zero-order chi connectivity index (χ0) is 22.5. The number of ether oxygens (including phenoxy) is 1. The second-order valence-corrected chi connectivity index (χ2v) is 9.52. The molecule has 2 aromatic rings. The molecule has 2 atom stereocenters. The van der Waals surface area contributed by atoms with Crippen molar-refractivity contribution in [1.29, 1.82) is 0 Å². The van der Waals surface area contributed by atoms with Crippen LogP contribution in [0.25, 0.3) is 0 Å². The molecule has 7 nitrogen and oxygen atoms in total. The lowest BCUT2D eigenvalue weighted by molar-refractivity contribution is 0.0466. The summed E-state index contributed by atoms with van der Waals surface area (Å²) in [6.45, 7) is 8.84. The fourth-order valence-electron chi connectivity index (χ4n) is 4.27. The number of nitrogens with one attached hydrogen (secondary N) is 2. The van der Waals surface area contributed by atoms with Gasteiger partial charge < -0.3 is 20.3 Å². The highest BCUT2D eigenvalue weighted by atomic mass is 31.2. The minimum absolute atomic E-state index is 0.00427. The quantitative estimate of drug-likeness (QED) is 0.514. The third-order valence-corrected chi connectivity index (χ3v) is 7.04. The number of halogens is 1. The molecule has 4 rings (SSSR count). The fourth-order valence-corrected chi connectivity index (χ4v) is 4.83. The molecule has 2 fully saturated rings. The highest BCUT2D eigenvalue weighted by Gasteiger charge is 2.27. The molecular formula is C23H29FN5O2P. The molecule has 0 spiro atoms. The number of pyridine rings is 1. The van der Waals surface area contributed by atoms with E-state index in [0.717, 1.165) is 30.6 Å². The molecule has 2 saturated heterocycles. The molecule has 2 aliphatic heterocycles. The van der Waals surface area contributed by atoms with Crippen LogP contribution in [0, 0.1) is 0 Å². The Labute approximate surface area is 189 Å². The first-order valence-corrected chi connectivity index (χ1v) is 12.6. The van der Waals surface area contributed by atoms with Crippen LogP contribution in [0.4, 0.5) is 15.7 Å². The summed E-state index contributed by atoms with van der Waals surface area (Å²) in [5, 5.41) is 7.26. The van der Waals surface area contributed by atoms with E-state index in [9.17, 15) is 8.99 Å². The molecule has 1 amide bonds. The number of carbonyl (C=O) groups is 1.